The number of aromatic nitrogens is 2. The summed E-state index contributed by atoms with van der Waals surface area (Å²) in [5.74, 6) is 0. The van der Waals surface area contributed by atoms with Crippen LogP contribution in [0.1, 0.15) is 31.0 Å². The Labute approximate surface area is 130 Å². The fourth-order valence-corrected chi connectivity index (χ4v) is 3.06. The van der Waals surface area contributed by atoms with Gasteiger partial charge in [-0.15, -0.1) is 0 Å². The zero-order valence-corrected chi connectivity index (χ0v) is 13.4. The van der Waals surface area contributed by atoms with Gasteiger partial charge in [-0.05, 0) is 44.9 Å². The van der Waals surface area contributed by atoms with Crippen LogP contribution in [0.3, 0.4) is 0 Å². The Hall–Kier alpha value is -2.42. The Kier molecular flexibility index (Phi) is 3.57. The van der Waals surface area contributed by atoms with Crippen molar-refractivity contribution in [2.75, 3.05) is 0 Å². The maximum atomic E-state index is 12.5. The molecule has 0 amide bonds. The highest BCUT2D eigenvalue weighted by Crippen LogP contribution is 2.30. The van der Waals surface area contributed by atoms with Crippen LogP contribution in [0.25, 0.3) is 22.2 Å². The summed E-state index contributed by atoms with van der Waals surface area (Å²) in [6, 6.07) is 14.2. The molecular weight excluding hydrogens is 272 g/mol. The Balaban J connectivity index is 2.51. The van der Waals surface area contributed by atoms with E-state index in [-0.39, 0.29) is 11.7 Å². The van der Waals surface area contributed by atoms with Crippen molar-refractivity contribution < 1.29 is 0 Å². The average molecular weight is 292 g/mol. The average Bonchev–Trinajstić information content (AvgIpc) is 2.46. The normalized spacial score (nSPS) is 11.3. The minimum absolute atomic E-state index is 0.0773. The van der Waals surface area contributed by atoms with Gasteiger partial charge in [-0.2, -0.15) is 4.98 Å². The fourth-order valence-electron chi connectivity index (χ4n) is 3.06. The number of nitrogens with zero attached hydrogens (tertiary/aromatic N) is 2. The van der Waals surface area contributed by atoms with Crippen LogP contribution in [0.4, 0.5) is 0 Å². The van der Waals surface area contributed by atoms with Crippen LogP contribution in [-0.2, 0) is 0 Å². The van der Waals surface area contributed by atoms with Crippen LogP contribution in [0.15, 0.2) is 47.3 Å². The van der Waals surface area contributed by atoms with Crippen LogP contribution in [0, 0.1) is 13.8 Å². The van der Waals surface area contributed by atoms with Crippen LogP contribution in [-0.4, -0.2) is 9.55 Å². The van der Waals surface area contributed by atoms with Gasteiger partial charge >= 0.3 is 5.69 Å². The van der Waals surface area contributed by atoms with Crippen LogP contribution in [0.2, 0.25) is 0 Å². The number of rotatable bonds is 2. The molecule has 0 fully saturated rings. The van der Waals surface area contributed by atoms with Gasteiger partial charge in [-0.1, -0.05) is 36.4 Å². The lowest BCUT2D eigenvalue weighted by Crippen LogP contribution is -2.26. The van der Waals surface area contributed by atoms with Gasteiger partial charge in [-0.25, -0.2) is 4.79 Å². The van der Waals surface area contributed by atoms with Gasteiger partial charge < -0.3 is 0 Å². The van der Waals surface area contributed by atoms with Crippen molar-refractivity contribution in [3.63, 3.8) is 0 Å². The maximum absolute atomic E-state index is 12.5. The molecule has 1 aromatic heterocycles. The molecule has 0 unspecified atom stereocenters. The Morgan fingerprint density at radius 3 is 2.36 bits per heavy atom. The second kappa shape index (κ2) is 5.41. The molecule has 112 valence electrons. The van der Waals surface area contributed by atoms with Crippen LogP contribution in [0.5, 0.6) is 0 Å². The van der Waals surface area contributed by atoms with E-state index in [0.29, 0.717) is 0 Å². The first-order valence-electron chi connectivity index (χ1n) is 7.58. The molecular formula is C19H20N2O. The highest BCUT2D eigenvalue weighted by Gasteiger charge is 2.15. The van der Waals surface area contributed by atoms with E-state index in [1.165, 1.54) is 0 Å². The number of benzene rings is 2. The highest BCUT2D eigenvalue weighted by molar-refractivity contribution is 5.95. The molecule has 1 heterocycles. The fraction of sp³-hybridized carbons (Fsp3) is 0.263. The number of fused-ring (bicyclic) bond motifs is 1. The van der Waals surface area contributed by atoms with Crippen LogP contribution < -0.4 is 5.69 Å². The van der Waals surface area contributed by atoms with Gasteiger partial charge in [-0.3, -0.25) is 4.57 Å². The minimum atomic E-state index is -0.189. The van der Waals surface area contributed by atoms with E-state index in [1.54, 1.807) is 4.57 Å². The number of hydrogen-bond acceptors (Lipinski definition) is 2. The van der Waals surface area contributed by atoms with Crippen LogP contribution >= 0.6 is 0 Å². The topological polar surface area (TPSA) is 34.9 Å². The Bertz CT molecular complexity index is 893. The minimum Gasteiger partial charge on any atom is -0.289 e. The molecule has 0 aliphatic carbocycles. The summed E-state index contributed by atoms with van der Waals surface area (Å²) in [6.07, 6.45) is 0. The second-order valence-corrected chi connectivity index (χ2v) is 6.05. The molecule has 0 saturated carbocycles. The van der Waals surface area contributed by atoms with Gasteiger partial charge in [0.15, 0.2) is 0 Å². The molecule has 2 aromatic carbocycles. The van der Waals surface area contributed by atoms with E-state index in [2.05, 4.69) is 31.0 Å². The summed E-state index contributed by atoms with van der Waals surface area (Å²) in [5, 5.41) is 1.06. The summed E-state index contributed by atoms with van der Waals surface area (Å²) in [7, 11) is 0. The van der Waals surface area contributed by atoms with E-state index >= 15 is 0 Å². The van der Waals surface area contributed by atoms with E-state index in [4.69, 9.17) is 0 Å². The van der Waals surface area contributed by atoms with Crippen molar-refractivity contribution in [3.8, 4) is 11.3 Å². The van der Waals surface area contributed by atoms with E-state index in [1.807, 2.05) is 44.2 Å². The summed E-state index contributed by atoms with van der Waals surface area (Å²) in [5.41, 5.74) is 4.83. The Morgan fingerprint density at radius 2 is 1.73 bits per heavy atom. The molecule has 0 aliphatic heterocycles. The van der Waals surface area contributed by atoms with Gasteiger partial charge in [0.1, 0.15) is 0 Å². The third-order valence-electron chi connectivity index (χ3n) is 3.93. The predicted molar refractivity (Wildman–Crippen MR) is 91.3 cm³/mol. The summed E-state index contributed by atoms with van der Waals surface area (Å²) in [4.78, 5) is 16.9. The third-order valence-corrected chi connectivity index (χ3v) is 3.93. The van der Waals surface area contributed by atoms with Crippen molar-refractivity contribution in [1.29, 1.82) is 0 Å². The zero-order chi connectivity index (χ0) is 15.9. The lowest BCUT2D eigenvalue weighted by molar-refractivity contribution is 0.587. The van der Waals surface area contributed by atoms with Crippen molar-refractivity contribution in [2.45, 2.75) is 33.7 Å². The van der Waals surface area contributed by atoms with Crippen molar-refractivity contribution in [2.24, 2.45) is 0 Å². The largest absolute Gasteiger partial charge is 0.348 e. The first-order chi connectivity index (χ1) is 10.5. The van der Waals surface area contributed by atoms with E-state index in [0.717, 1.165) is 33.3 Å². The molecule has 0 bridgehead atoms. The molecule has 0 spiro atoms. The number of aryl methyl sites for hydroxylation is 2. The predicted octanol–water partition coefficient (Wildman–Crippen LogP) is 4.26. The highest BCUT2D eigenvalue weighted by atomic mass is 16.1. The number of hydrogen-bond donors (Lipinski definition) is 0. The summed E-state index contributed by atoms with van der Waals surface area (Å²) in [6.45, 7) is 8.17. The summed E-state index contributed by atoms with van der Waals surface area (Å²) < 4.78 is 1.78. The second-order valence-electron chi connectivity index (χ2n) is 6.05. The molecule has 0 atom stereocenters. The molecule has 22 heavy (non-hydrogen) atoms. The third kappa shape index (κ3) is 2.33. The van der Waals surface area contributed by atoms with E-state index < -0.39 is 0 Å². The first kappa shape index (κ1) is 14.5. The van der Waals surface area contributed by atoms with Gasteiger partial charge in [0.25, 0.3) is 0 Å². The van der Waals surface area contributed by atoms with Crippen molar-refractivity contribution in [3.05, 3.63) is 64.1 Å². The molecule has 3 rings (SSSR count). The van der Waals surface area contributed by atoms with Gasteiger partial charge in [0.05, 0.1) is 11.2 Å². The van der Waals surface area contributed by atoms with Crippen molar-refractivity contribution >= 4 is 10.9 Å². The molecule has 0 aliphatic rings. The van der Waals surface area contributed by atoms with Gasteiger partial charge in [0, 0.05) is 17.0 Å². The monoisotopic (exact) mass is 292 g/mol. The molecule has 0 N–H and O–H groups in total. The maximum Gasteiger partial charge on any atom is 0.348 e. The lowest BCUT2D eigenvalue weighted by atomic mass is 10.00. The zero-order valence-electron chi connectivity index (χ0n) is 13.4. The quantitative estimate of drug-likeness (QED) is 0.707. The van der Waals surface area contributed by atoms with Crippen molar-refractivity contribution in [1.82, 2.24) is 9.55 Å². The van der Waals surface area contributed by atoms with Gasteiger partial charge in [0.2, 0.25) is 0 Å². The standard InChI is InChI=1S/C19H20N2O/c1-12(2)21-16-11-13(3)10-14(4)17(16)18(20-19(21)22)15-8-6-5-7-9-15/h5-12H,1-4H3. The smallest absolute Gasteiger partial charge is 0.289 e. The molecule has 0 saturated heterocycles. The molecule has 3 nitrogen and oxygen atoms in total. The summed E-state index contributed by atoms with van der Waals surface area (Å²) >= 11 is 0. The molecule has 0 radical (unpaired) electrons. The van der Waals surface area contributed by atoms with E-state index in [9.17, 15) is 4.79 Å². The molecule has 3 heteroatoms. The SMILES string of the molecule is Cc1cc(C)c2c(-c3ccccc3)nc(=O)n(C(C)C)c2c1. The molecule has 3 aromatic rings. The first-order valence-corrected chi connectivity index (χ1v) is 7.58. The Morgan fingerprint density at radius 1 is 1.05 bits per heavy atom. The lowest BCUT2D eigenvalue weighted by Gasteiger charge is -2.17.